The third-order valence-electron chi connectivity index (χ3n) is 6.43. The fraction of sp³-hybridized carbons (Fsp3) is 0.138. The number of nitrogens with two attached hydrogens (primary N) is 4. The van der Waals surface area contributed by atoms with E-state index >= 15 is 0 Å². The minimum absolute atomic E-state index is 0.00232. The Morgan fingerprint density at radius 1 is 0.702 bits per heavy atom. The van der Waals surface area contributed by atoms with Gasteiger partial charge in [0.1, 0.15) is 0 Å². The van der Waals surface area contributed by atoms with E-state index in [2.05, 4.69) is 5.32 Å². The Bertz CT molecular complexity index is 1660. The highest BCUT2D eigenvalue weighted by Crippen LogP contribution is 2.35. The van der Waals surface area contributed by atoms with Crippen LogP contribution in [-0.2, 0) is 12.4 Å². The first kappa shape index (κ1) is 35.7. The van der Waals surface area contributed by atoms with Crippen molar-refractivity contribution in [3.63, 3.8) is 0 Å². The lowest BCUT2D eigenvalue weighted by Crippen LogP contribution is -2.30. The van der Waals surface area contributed by atoms with Crippen LogP contribution in [0.15, 0.2) is 67.0 Å². The number of carboxylic acids is 2. The number of benzene rings is 3. The van der Waals surface area contributed by atoms with Crippen molar-refractivity contribution in [2.75, 3.05) is 16.6 Å². The first-order valence-electron chi connectivity index (χ1n) is 13.1. The molecule has 18 heteroatoms. The highest BCUT2D eigenvalue weighted by molar-refractivity contribution is 5.97. The number of nitrogens with zero attached hydrogens (tertiary/aromatic N) is 2. The Morgan fingerprint density at radius 2 is 1.09 bits per heavy atom. The number of hydrogen-bond donors (Lipinski definition) is 7. The lowest BCUT2D eigenvalue weighted by Gasteiger charge is -2.22. The van der Waals surface area contributed by atoms with Crippen molar-refractivity contribution in [1.82, 2.24) is 5.32 Å². The van der Waals surface area contributed by atoms with Crippen LogP contribution in [0.1, 0.15) is 60.3 Å². The number of carboxylic acid groups (broad SMARTS) is 2. The fourth-order valence-electron chi connectivity index (χ4n) is 4.17. The Morgan fingerprint density at radius 3 is 1.40 bits per heavy atom. The van der Waals surface area contributed by atoms with Crippen LogP contribution < -0.4 is 38.5 Å². The topological polar surface area (TPSA) is 214 Å². The zero-order valence-electron chi connectivity index (χ0n) is 24.1. The summed E-state index contributed by atoms with van der Waals surface area (Å²) in [5.74, 6) is 8.00. The number of rotatable bonds is 10. The smallest absolute Gasteiger partial charge is 0.417 e. The van der Waals surface area contributed by atoms with E-state index in [0.29, 0.717) is 12.1 Å². The summed E-state index contributed by atoms with van der Waals surface area (Å²) in [6.07, 6.45) is -8.06. The number of aromatic carboxylic acids is 2. The molecule has 0 saturated heterocycles. The molecule has 0 radical (unpaired) electrons. The van der Waals surface area contributed by atoms with Gasteiger partial charge in [0, 0.05) is 24.5 Å². The zero-order chi connectivity index (χ0) is 35.4. The lowest BCUT2D eigenvalue weighted by atomic mass is 10.0. The number of hydrazine groups is 2. The van der Waals surface area contributed by atoms with Gasteiger partial charge >= 0.3 is 24.3 Å². The molecule has 3 rings (SSSR count). The first-order chi connectivity index (χ1) is 21.7. The maximum Gasteiger partial charge on any atom is 0.417 e. The molecular formula is C29H27F6N7O5. The van der Waals surface area contributed by atoms with Crippen LogP contribution in [0.5, 0.6) is 0 Å². The molecule has 12 nitrogen and oxygen atoms in total. The number of amides is 1. The molecule has 0 bridgehead atoms. The van der Waals surface area contributed by atoms with Gasteiger partial charge in [0.05, 0.1) is 45.0 Å². The second kappa shape index (κ2) is 13.7. The third kappa shape index (κ3) is 8.50. The molecule has 0 saturated carbocycles. The number of anilines is 2. The summed E-state index contributed by atoms with van der Waals surface area (Å²) in [6, 6.07) is 8.41. The van der Waals surface area contributed by atoms with Gasteiger partial charge in [0.15, 0.2) is 0 Å². The number of hydrogen-bond acceptors (Lipinski definition) is 9. The van der Waals surface area contributed by atoms with Gasteiger partial charge in [0.25, 0.3) is 5.91 Å². The van der Waals surface area contributed by atoms with Crippen LogP contribution in [0.3, 0.4) is 0 Å². The number of carbonyl (C=O) groups is 3. The Hall–Kier alpha value is -5.75. The van der Waals surface area contributed by atoms with E-state index in [4.69, 9.17) is 33.4 Å². The molecule has 11 N–H and O–H groups in total. The van der Waals surface area contributed by atoms with Gasteiger partial charge in [0.2, 0.25) is 0 Å². The van der Waals surface area contributed by atoms with Crippen LogP contribution in [0.2, 0.25) is 0 Å². The molecule has 0 spiro atoms. The van der Waals surface area contributed by atoms with Gasteiger partial charge < -0.3 is 27.0 Å². The summed E-state index contributed by atoms with van der Waals surface area (Å²) < 4.78 is 81.0. The van der Waals surface area contributed by atoms with Crippen molar-refractivity contribution < 1.29 is 50.9 Å². The Labute approximate surface area is 262 Å². The molecule has 1 amide bonds. The minimum atomic E-state index is -5.02. The minimum Gasteiger partial charge on any atom is -0.478 e. The van der Waals surface area contributed by atoms with Crippen molar-refractivity contribution in [2.24, 2.45) is 23.2 Å². The Kier molecular flexibility index (Phi) is 10.4. The van der Waals surface area contributed by atoms with E-state index in [-0.39, 0.29) is 46.0 Å². The number of alkyl halides is 6. The van der Waals surface area contributed by atoms with Crippen molar-refractivity contribution >= 4 is 40.6 Å². The summed E-state index contributed by atoms with van der Waals surface area (Å²) in [4.78, 5) is 35.2. The molecule has 0 unspecified atom stereocenters. The van der Waals surface area contributed by atoms with Crippen molar-refractivity contribution in [3.8, 4) is 0 Å². The maximum atomic E-state index is 13.5. The average molecular weight is 668 g/mol. The van der Waals surface area contributed by atoms with Crippen LogP contribution in [-0.4, -0.2) is 34.6 Å². The molecular weight excluding hydrogens is 640 g/mol. The van der Waals surface area contributed by atoms with Crippen molar-refractivity contribution in [1.29, 1.82) is 0 Å². The second-order valence-corrected chi connectivity index (χ2v) is 9.71. The Balaban J connectivity index is 2.07. The molecule has 3 aromatic carbocycles. The van der Waals surface area contributed by atoms with Gasteiger partial charge in [-0.15, -0.1) is 0 Å². The van der Waals surface area contributed by atoms with E-state index in [1.165, 1.54) is 18.2 Å². The zero-order valence-corrected chi connectivity index (χ0v) is 24.1. The number of nitrogens with one attached hydrogen (secondary N) is 1. The quantitative estimate of drug-likeness (QED) is 0.0927. The van der Waals surface area contributed by atoms with Gasteiger partial charge in [-0.2, -0.15) is 26.3 Å². The largest absolute Gasteiger partial charge is 0.478 e. The van der Waals surface area contributed by atoms with Gasteiger partial charge in [-0.05, 0) is 60.5 Å². The predicted molar refractivity (Wildman–Crippen MR) is 159 cm³/mol. The summed E-state index contributed by atoms with van der Waals surface area (Å²) in [5.41, 5.74) is 5.89. The third-order valence-corrected chi connectivity index (χ3v) is 6.43. The number of halogens is 6. The molecule has 250 valence electrons. The molecule has 0 heterocycles. The molecule has 0 aliphatic rings. The summed E-state index contributed by atoms with van der Waals surface area (Å²) >= 11 is 0. The highest BCUT2D eigenvalue weighted by atomic mass is 19.4. The maximum absolute atomic E-state index is 13.5. The summed E-state index contributed by atoms with van der Waals surface area (Å²) in [7, 11) is 0. The van der Waals surface area contributed by atoms with E-state index in [1.54, 1.807) is 6.92 Å². The van der Waals surface area contributed by atoms with Crippen molar-refractivity contribution in [3.05, 3.63) is 106 Å². The summed E-state index contributed by atoms with van der Waals surface area (Å²) in [6.45, 7) is 1.84. The van der Waals surface area contributed by atoms with Crippen LogP contribution in [0.4, 0.5) is 37.7 Å². The van der Waals surface area contributed by atoms with E-state index in [0.717, 1.165) is 46.7 Å². The second-order valence-electron chi connectivity index (χ2n) is 9.71. The molecule has 0 atom stereocenters. The number of carbonyl (C=O) groups excluding carboxylic acids is 1. The van der Waals surface area contributed by atoms with E-state index in [1.807, 2.05) is 0 Å². The molecule has 0 fully saturated rings. The lowest BCUT2D eigenvalue weighted by molar-refractivity contribution is -0.138. The highest BCUT2D eigenvalue weighted by Gasteiger charge is 2.36. The normalized spacial score (nSPS) is 12.4. The molecule has 0 aromatic heterocycles. The summed E-state index contributed by atoms with van der Waals surface area (Å²) in [5, 5.41) is 22.5. The molecule has 3 aromatic rings. The first-order valence-corrected chi connectivity index (χ1v) is 13.1. The van der Waals surface area contributed by atoms with Crippen LogP contribution in [0, 0.1) is 0 Å². The monoisotopic (exact) mass is 667 g/mol. The van der Waals surface area contributed by atoms with Crippen LogP contribution >= 0.6 is 0 Å². The standard InChI is InChI=1S/C29H27F6N7O5/c1-2-40-25(43)16-7-17(41(38)12-23(36)14-3-5-19(26(44)45)21(9-14)28(30,31)32)11-18(8-16)42(39)13-24(37)15-4-6-20(27(46)47)22(10-15)29(33,34)35/h3-13H,2,36-39H2,1H3,(H,40,43)(H,44,45)(H,46,47)/b23-12-,24-13-. The van der Waals surface area contributed by atoms with E-state index < -0.39 is 52.5 Å². The SMILES string of the molecule is CCNC(=O)c1cc(N(N)/C=C(\N)c2ccc(C(=O)O)c(C(F)(F)F)c2)cc(N(N)/C=C(\N)c2ccc(C(=O)O)c(C(F)(F)F)c2)c1. The predicted octanol–water partition coefficient (Wildman–Crippen LogP) is 4.15. The molecule has 47 heavy (non-hydrogen) atoms. The average Bonchev–Trinajstić information content (AvgIpc) is 2.99. The van der Waals surface area contributed by atoms with Crippen molar-refractivity contribution in [2.45, 2.75) is 19.3 Å². The van der Waals surface area contributed by atoms with E-state index in [9.17, 15) is 40.7 Å². The molecule has 0 aliphatic carbocycles. The van der Waals surface area contributed by atoms with Gasteiger partial charge in [-0.3, -0.25) is 14.8 Å². The molecule has 0 aliphatic heterocycles. The van der Waals surface area contributed by atoms with Gasteiger partial charge in [-0.25, -0.2) is 21.3 Å². The van der Waals surface area contributed by atoms with Gasteiger partial charge in [-0.1, -0.05) is 12.1 Å². The van der Waals surface area contributed by atoms with Crippen LogP contribution in [0.25, 0.3) is 11.4 Å². The fourth-order valence-corrected chi connectivity index (χ4v) is 4.17.